The van der Waals surface area contributed by atoms with Crippen molar-refractivity contribution in [3.63, 3.8) is 0 Å². The molecule has 24 heavy (non-hydrogen) atoms. The van der Waals surface area contributed by atoms with Crippen molar-refractivity contribution in [3.05, 3.63) is 75.5 Å². The quantitative estimate of drug-likeness (QED) is 0.697. The van der Waals surface area contributed by atoms with Crippen LogP contribution in [0.3, 0.4) is 0 Å². The van der Waals surface area contributed by atoms with Crippen LogP contribution in [0.25, 0.3) is 0 Å². The largest absolute Gasteiger partial charge is 0.348 e. The first-order valence-electron chi connectivity index (χ1n) is 7.79. The lowest BCUT2D eigenvalue weighted by Crippen LogP contribution is -2.28. The number of rotatable bonds is 2. The Morgan fingerprint density at radius 1 is 1.08 bits per heavy atom. The Kier molecular flexibility index (Phi) is 3.94. The fourth-order valence-electron chi connectivity index (χ4n) is 3.22. The lowest BCUT2D eigenvalue weighted by molar-refractivity contribution is 0.430. The molecule has 0 radical (unpaired) electrons. The molecule has 1 aliphatic heterocycles. The number of anilines is 1. The Bertz CT molecular complexity index is 890. The van der Waals surface area contributed by atoms with Crippen molar-refractivity contribution in [2.24, 2.45) is 0 Å². The summed E-state index contributed by atoms with van der Waals surface area (Å²) in [5.74, 6) is 0.767. The molecule has 1 aliphatic rings. The number of fused-ring (bicyclic) bond motifs is 1. The Balaban J connectivity index is 1.74. The van der Waals surface area contributed by atoms with E-state index in [0.29, 0.717) is 10.0 Å². The molecule has 6 heteroatoms. The summed E-state index contributed by atoms with van der Waals surface area (Å²) < 4.78 is 1.95. The molecule has 0 saturated carbocycles. The number of aromatic nitrogens is 3. The van der Waals surface area contributed by atoms with E-state index < -0.39 is 0 Å². The highest BCUT2D eigenvalue weighted by Gasteiger charge is 2.30. The van der Waals surface area contributed by atoms with Crippen LogP contribution in [0.5, 0.6) is 0 Å². The molecular weight excluding hydrogens is 343 g/mol. The number of halogens is 2. The summed E-state index contributed by atoms with van der Waals surface area (Å²) >= 11 is 12.2. The van der Waals surface area contributed by atoms with Gasteiger partial charge in [-0.25, -0.2) is 4.68 Å². The molecule has 0 bridgehead atoms. The van der Waals surface area contributed by atoms with Gasteiger partial charge in [0.05, 0.1) is 22.1 Å². The van der Waals surface area contributed by atoms with E-state index in [9.17, 15) is 0 Å². The Hall–Kier alpha value is -2.04. The highest BCUT2D eigenvalue weighted by Crippen LogP contribution is 2.38. The van der Waals surface area contributed by atoms with E-state index in [0.717, 1.165) is 17.9 Å². The predicted octanol–water partition coefficient (Wildman–Crippen LogP) is 5.04. The Morgan fingerprint density at radius 3 is 2.75 bits per heavy atom. The summed E-state index contributed by atoms with van der Waals surface area (Å²) in [7, 11) is 0. The molecule has 122 valence electrons. The molecule has 2 atom stereocenters. The van der Waals surface area contributed by atoms with Gasteiger partial charge in [-0.3, -0.25) is 0 Å². The van der Waals surface area contributed by atoms with E-state index in [1.165, 1.54) is 11.1 Å². The Morgan fingerprint density at radius 2 is 1.96 bits per heavy atom. The van der Waals surface area contributed by atoms with Gasteiger partial charge in [0, 0.05) is 0 Å². The van der Waals surface area contributed by atoms with Gasteiger partial charge in [-0.1, -0.05) is 59.1 Å². The minimum atomic E-state index is 0.0991. The van der Waals surface area contributed by atoms with Gasteiger partial charge in [-0.05, 0) is 36.6 Å². The minimum Gasteiger partial charge on any atom is -0.348 e. The van der Waals surface area contributed by atoms with Gasteiger partial charge < -0.3 is 5.32 Å². The first-order valence-corrected chi connectivity index (χ1v) is 8.55. The number of benzene rings is 2. The molecule has 2 heterocycles. The summed E-state index contributed by atoms with van der Waals surface area (Å²) in [6.45, 7) is 2.10. The molecule has 0 amide bonds. The zero-order valence-electron chi connectivity index (χ0n) is 13.1. The third kappa shape index (κ3) is 2.76. The molecule has 3 aromatic rings. The zero-order valence-corrected chi connectivity index (χ0v) is 14.6. The second-order valence-corrected chi connectivity index (χ2v) is 6.88. The molecule has 0 saturated heterocycles. The van der Waals surface area contributed by atoms with Crippen LogP contribution in [0.1, 0.15) is 35.2 Å². The fourth-order valence-corrected chi connectivity index (χ4v) is 3.53. The molecule has 1 N–H and O–H groups in total. The number of hydrogen-bond acceptors (Lipinski definition) is 3. The third-order valence-electron chi connectivity index (χ3n) is 4.40. The van der Waals surface area contributed by atoms with Crippen molar-refractivity contribution < 1.29 is 0 Å². The molecule has 1 aromatic heterocycles. The minimum absolute atomic E-state index is 0.0991. The van der Waals surface area contributed by atoms with Crippen LogP contribution in [-0.4, -0.2) is 14.8 Å². The molecular formula is C18H16Cl2N4. The van der Waals surface area contributed by atoms with Crippen LogP contribution in [-0.2, 0) is 0 Å². The predicted molar refractivity (Wildman–Crippen MR) is 96.8 cm³/mol. The maximum Gasteiger partial charge on any atom is 0.222 e. The van der Waals surface area contributed by atoms with E-state index in [1.807, 2.05) is 22.9 Å². The van der Waals surface area contributed by atoms with Crippen LogP contribution < -0.4 is 5.32 Å². The van der Waals surface area contributed by atoms with Crippen molar-refractivity contribution >= 4 is 29.2 Å². The van der Waals surface area contributed by atoms with Crippen LogP contribution in [0.15, 0.2) is 48.8 Å². The lowest BCUT2D eigenvalue weighted by atomic mass is 9.93. The van der Waals surface area contributed by atoms with Crippen molar-refractivity contribution in [3.8, 4) is 0 Å². The van der Waals surface area contributed by atoms with Crippen molar-refractivity contribution in [2.45, 2.75) is 25.4 Å². The highest BCUT2D eigenvalue weighted by molar-refractivity contribution is 6.42. The summed E-state index contributed by atoms with van der Waals surface area (Å²) in [5, 5.41) is 8.97. The molecule has 0 spiro atoms. The maximum absolute atomic E-state index is 6.19. The van der Waals surface area contributed by atoms with E-state index in [2.05, 4.69) is 46.6 Å². The smallest absolute Gasteiger partial charge is 0.222 e. The second kappa shape index (κ2) is 6.11. The second-order valence-electron chi connectivity index (χ2n) is 6.06. The van der Waals surface area contributed by atoms with Gasteiger partial charge in [0.2, 0.25) is 5.95 Å². The van der Waals surface area contributed by atoms with Gasteiger partial charge >= 0.3 is 0 Å². The molecule has 4 nitrogen and oxygen atoms in total. The topological polar surface area (TPSA) is 42.7 Å². The third-order valence-corrected chi connectivity index (χ3v) is 5.14. The molecule has 4 rings (SSSR count). The summed E-state index contributed by atoms with van der Waals surface area (Å²) in [5.41, 5.74) is 3.56. The summed E-state index contributed by atoms with van der Waals surface area (Å²) in [6.07, 6.45) is 2.44. The fraction of sp³-hybridized carbons (Fsp3) is 0.222. The number of nitrogens with zero attached hydrogens (tertiary/aromatic N) is 3. The standard InChI is InChI=1S/C18H16Cl2N4/c1-11-3-2-4-13(7-11)17-9-16(23-18-21-10-22-24(17)18)12-5-6-14(19)15(20)8-12/h2-8,10,16-17H,9H2,1H3,(H,21,22,23). The number of hydrogen-bond donors (Lipinski definition) is 1. The molecule has 0 aliphatic carbocycles. The van der Waals surface area contributed by atoms with Gasteiger partial charge in [-0.15, -0.1) is 0 Å². The zero-order chi connectivity index (χ0) is 16.7. The van der Waals surface area contributed by atoms with E-state index >= 15 is 0 Å². The SMILES string of the molecule is Cc1cccc(C2CC(c3ccc(Cl)c(Cl)c3)Nc3ncnn32)c1. The average molecular weight is 359 g/mol. The maximum atomic E-state index is 6.19. The van der Waals surface area contributed by atoms with Gasteiger partial charge in [0.1, 0.15) is 6.33 Å². The lowest BCUT2D eigenvalue weighted by Gasteiger charge is -2.32. The highest BCUT2D eigenvalue weighted by atomic mass is 35.5. The summed E-state index contributed by atoms with van der Waals surface area (Å²) in [4.78, 5) is 4.35. The van der Waals surface area contributed by atoms with Crippen LogP contribution in [0, 0.1) is 6.92 Å². The van der Waals surface area contributed by atoms with Crippen molar-refractivity contribution in [1.29, 1.82) is 0 Å². The van der Waals surface area contributed by atoms with E-state index in [-0.39, 0.29) is 12.1 Å². The van der Waals surface area contributed by atoms with Crippen LogP contribution >= 0.6 is 23.2 Å². The normalized spacial score (nSPS) is 19.6. The van der Waals surface area contributed by atoms with Crippen LogP contribution in [0.2, 0.25) is 10.0 Å². The average Bonchev–Trinajstić information content (AvgIpc) is 3.05. The summed E-state index contributed by atoms with van der Waals surface area (Å²) in [6, 6.07) is 14.5. The molecule has 0 fully saturated rings. The first kappa shape index (κ1) is 15.5. The van der Waals surface area contributed by atoms with Crippen LogP contribution in [0.4, 0.5) is 5.95 Å². The first-order chi connectivity index (χ1) is 11.6. The number of nitrogens with one attached hydrogen (secondary N) is 1. The molecule has 2 aromatic carbocycles. The Labute approximate surface area is 150 Å². The number of aryl methyl sites for hydroxylation is 1. The monoisotopic (exact) mass is 358 g/mol. The van der Waals surface area contributed by atoms with Gasteiger partial charge in [-0.2, -0.15) is 10.1 Å². The van der Waals surface area contributed by atoms with Crippen molar-refractivity contribution in [2.75, 3.05) is 5.32 Å². The van der Waals surface area contributed by atoms with Gasteiger partial charge in [0.25, 0.3) is 0 Å². The van der Waals surface area contributed by atoms with Gasteiger partial charge in [0.15, 0.2) is 0 Å². The molecule has 2 unspecified atom stereocenters. The van der Waals surface area contributed by atoms with E-state index in [4.69, 9.17) is 23.2 Å². The van der Waals surface area contributed by atoms with Crippen molar-refractivity contribution in [1.82, 2.24) is 14.8 Å². The van der Waals surface area contributed by atoms with E-state index in [1.54, 1.807) is 6.33 Å².